The second-order valence-corrected chi connectivity index (χ2v) is 8.15. The molecule has 4 rings (SSSR count). The number of amides is 5. The van der Waals surface area contributed by atoms with Crippen molar-refractivity contribution in [2.45, 2.75) is 6.92 Å². The molecule has 0 saturated carbocycles. The van der Waals surface area contributed by atoms with Crippen LogP contribution in [0.25, 0.3) is 6.08 Å². The average Bonchev–Trinajstić information content (AvgIpc) is 2.86. The number of nitrogens with zero attached hydrogens (tertiary/aromatic N) is 4. The number of carbonyl (C=O) groups is 4. The lowest BCUT2D eigenvalue weighted by Crippen LogP contribution is -2.54. The van der Waals surface area contributed by atoms with Gasteiger partial charge in [-0.15, -0.1) is 0 Å². The lowest BCUT2D eigenvalue weighted by molar-refractivity contribution is -0.384. The van der Waals surface area contributed by atoms with Gasteiger partial charge in [0.05, 0.1) is 17.7 Å². The number of anilines is 2. The molecule has 12 heteroatoms. The standard InChI is InChI=1S/C24H23N5O7/c1-15(30)26-8-10-27(11-9-26)21-7-6-18(29(34)35)12-16(21)13-20-22(31)25-24(33)28(23(20)32)17-4-3-5-19(14-17)36-2/h3-7,12-14H,8-11H2,1-2H3,(H,25,31,33)/b20-13-. The number of urea groups is 1. The van der Waals surface area contributed by atoms with Crippen LogP contribution in [0.5, 0.6) is 5.75 Å². The van der Waals surface area contributed by atoms with E-state index in [0.717, 1.165) is 4.90 Å². The van der Waals surface area contributed by atoms with Gasteiger partial charge in [-0.1, -0.05) is 6.07 Å². The summed E-state index contributed by atoms with van der Waals surface area (Å²) in [7, 11) is 1.44. The lowest BCUT2D eigenvalue weighted by Gasteiger charge is -2.36. The summed E-state index contributed by atoms with van der Waals surface area (Å²) < 4.78 is 5.16. The summed E-state index contributed by atoms with van der Waals surface area (Å²) in [6.07, 6.45) is 1.25. The van der Waals surface area contributed by atoms with E-state index in [0.29, 0.717) is 37.6 Å². The molecule has 0 aliphatic carbocycles. The number of benzene rings is 2. The number of nitro groups is 1. The third kappa shape index (κ3) is 4.73. The second kappa shape index (κ2) is 9.86. The molecule has 2 aromatic rings. The zero-order valence-electron chi connectivity index (χ0n) is 19.6. The Morgan fingerprint density at radius 1 is 1.08 bits per heavy atom. The Morgan fingerprint density at radius 3 is 2.44 bits per heavy atom. The SMILES string of the molecule is COc1cccc(N2C(=O)NC(=O)/C(=C/c3cc([N+](=O)[O-])ccc3N3CCN(C(C)=O)CC3)C2=O)c1. The fraction of sp³-hybridized carbons (Fsp3) is 0.250. The van der Waals surface area contributed by atoms with Crippen molar-refractivity contribution in [2.24, 2.45) is 0 Å². The van der Waals surface area contributed by atoms with Crippen molar-refractivity contribution in [2.75, 3.05) is 43.1 Å². The maximum Gasteiger partial charge on any atom is 0.335 e. The van der Waals surface area contributed by atoms with Gasteiger partial charge in [-0.25, -0.2) is 9.69 Å². The summed E-state index contributed by atoms with van der Waals surface area (Å²) in [4.78, 5) is 65.5. The summed E-state index contributed by atoms with van der Waals surface area (Å²) in [5, 5.41) is 13.6. The Hall–Kier alpha value is -4.74. The van der Waals surface area contributed by atoms with Gasteiger partial charge in [0.1, 0.15) is 11.3 Å². The van der Waals surface area contributed by atoms with Gasteiger partial charge in [0.2, 0.25) is 5.91 Å². The highest BCUT2D eigenvalue weighted by Gasteiger charge is 2.37. The third-order valence-electron chi connectivity index (χ3n) is 6.00. The van der Waals surface area contributed by atoms with Gasteiger partial charge in [0.15, 0.2) is 0 Å². The smallest absolute Gasteiger partial charge is 0.335 e. The molecule has 0 aromatic heterocycles. The highest BCUT2D eigenvalue weighted by atomic mass is 16.6. The molecule has 0 unspecified atom stereocenters. The van der Waals surface area contributed by atoms with E-state index in [1.165, 1.54) is 44.4 Å². The van der Waals surface area contributed by atoms with Crippen LogP contribution in [0.4, 0.5) is 21.9 Å². The molecule has 12 nitrogen and oxygen atoms in total. The second-order valence-electron chi connectivity index (χ2n) is 8.15. The van der Waals surface area contributed by atoms with Gasteiger partial charge in [-0.2, -0.15) is 0 Å². The number of piperazine rings is 1. The number of nitro benzene ring substituents is 1. The first-order valence-electron chi connectivity index (χ1n) is 11.0. The van der Waals surface area contributed by atoms with Gasteiger partial charge >= 0.3 is 6.03 Å². The first-order valence-corrected chi connectivity index (χ1v) is 11.0. The molecule has 1 N–H and O–H groups in total. The molecule has 2 saturated heterocycles. The lowest BCUT2D eigenvalue weighted by atomic mass is 10.0. The fourth-order valence-electron chi connectivity index (χ4n) is 4.12. The predicted octanol–water partition coefficient (Wildman–Crippen LogP) is 1.94. The summed E-state index contributed by atoms with van der Waals surface area (Å²) in [6.45, 7) is 3.32. The van der Waals surface area contributed by atoms with Gasteiger partial charge in [-0.3, -0.25) is 29.8 Å². The van der Waals surface area contributed by atoms with Crippen LogP contribution in [-0.2, 0) is 14.4 Å². The molecule has 2 heterocycles. The Labute approximate surface area is 205 Å². The number of barbiturate groups is 1. The molecule has 0 spiro atoms. The van der Waals surface area contributed by atoms with Crippen LogP contribution < -0.4 is 19.9 Å². The molecule has 0 bridgehead atoms. The number of ether oxygens (including phenoxy) is 1. The van der Waals surface area contributed by atoms with E-state index in [9.17, 15) is 29.3 Å². The first-order chi connectivity index (χ1) is 17.2. The van der Waals surface area contributed by atoms with Crippen LogP contribution in [0.1, 0.15) is 12.5 Å². The van der Waals surface area contributed by atoms with Crippen LogP contribution in [0.15, 0.2) is 48.0 Å². The highest BCUT2D eigenvalue weighted by molar-refractivity contribution is 6.39. The van der Waals surface area contributed by atoms with E-state index in [2.05, 4.69) is 5.32 Å². The highest BCUT2D eigenvalue weighted by Crippen LogP contribution is 2.31. The summed E-state index contributed by atoms with van der Waals surface area (Å²) in [5.41, 5.74) is 0.425. The van der Waals surface area contributed by atoms with E-state index in [-0.39, 0.29) is 28.4 Å². The van der Waals surface area contributed by atoms with E-state index >= 15 is 0 Å². The monoisotopic (exact) mass is 493 g/mol. The molecule has 0 radical (unpaired) electrons. The van der Waals surface area contributed by atoms with E-state index in [1.807, 2.05) is 4.90 Å². The minimum atomic E-state index is -0.921. The quantitative estimate of drug-likeness (QED) is 0.288. The number of hydrogen-bond acceptors (Lipinski definition) is 8. The fourth-order valence-corrected chi connectivity index (χ4v) is 4.12. The van der Waals surface area contributed by atoms with Crippen molar-refractivity contribution in [3.63, 3.8) is 0 Å². The van der Waals surface area contributed by atoms with Crippen LogP contribution in [0.2, 0.25) is 0 Å². The molecule has 2 aliphatic rings. The van der Waals surface area contributed by atoms with Crippen molar-refractivity contribution in [1.29, 1.82) is 0 Å². The van der Waals surface area contributed by atoms with E-state index in [1.54, 1.807) is 23.1 Å². The largest absolute Gasteiger partial charge is 0.497 e. The maximum absolute atomic E-state index is 13.3. The van der Waals surface area contributed by atoms with Gasteiger partial charge in [0, 0.05) is 62.6 Å². The molecule has 36 heavy (non-hydrogen) atoms. The van der Waals surface area contributed by atoms with Crippen LogP contribution in [0.3, 0.4) is 0 Å². The van der Waals surface area contributed by atoms with Crippen LogP contribution >= 0.6 is 0 Å². The third-order valence-corrected chi connectivity index (χ3v) is 6.00. The predicted molar refractivity (Wildman–Crippen MR) is 130 cm³/mol. The Kier molecular flexibility index (Phi) is 6.68. The average molecular weight is 493 g/mol. The number of hydrogen-bond donors (Lipinski definition) is 1. The molecular formula is C24H23N5O7. The first kappa shape index (κ1) is 24.4. The number of non-ortho nitro benzene ring substituents is 1. The summed E-state index contributed by atoms with van der Waals surface area (Å²) >= 11 is 0. The minimum Gasteiger partial charge on any atom is -0.497 e. The molecule has 0 atom stereocenters. The molecule has 2 aliphatic heterocycles. The number of imide groups is 2. The molecule has 5 amide bonds. The van der Waals surface area contributed by atoms with Crippen molar-refractivity contribution in [3.8, 4) is 5.75 Å². The number of carbonyl (C=O) groups excluding carboxylic acids is 4. The molecule has 2 fully saturated rings. The summed E-state index contributed by atoms with van der Waals surface area (Å²) in [5.74, 6) is -1.44. The minimum absolute atomic E-state index is 0.0486. The Bertz CT molecular complexity index is 1300. The van der Waals surface area contributed by atoms with Crippen LogP contribution in [-0.4, -0.2) is 66.9 Å². The zero-order chi connectivity index (χ0) is 26.0. The van der Waals surface area contributed by atoms with Crippen molar-refractivity contribution in [1.82, 2.24) is 10.2 Å². The summed E-state index contributed by atoms with van der Waals surface area (Å²) in [6, 6.07) is 9.45. The molecular weight excluding hydrogens is 470 g/mol. The molecule has 186 valence electrons. The van der Waals surface area contributed by atoms with E-state index in [4.69, 9.17) is 4.74 Å². The zero-order valence-corrected chi connectivity index (χ0v) is 19.6. The topological polar surface area (TPSA) is 142 Å². The van der Waals surface area contributed by atoms with Gasteiger partial charge < -0.3 is 14.5 Å². The van der Waals surface area contributed by atoms with Crippen molar-refractivity contribution >= 4 is 46.9 Å². The van der Waals surface area contributed by atoms with Gasteiger partial charge in [0.25, 0.3) is 17.5 Å². The Morgan fingerprint density at radius 2 is 1.81 bits per heavy atom. The molecule has 2 aromatic carbocycles. The normalized spacial score (nSPS) is 17.3. The van der Waals surface area contributed by atoms with E-state index < -0.39 is 22.8 Å². The number of rotatable bonds is 5. The Balaban J connectivity index is 1.74. The van der Waals surface area contributed by atoms with Gasteiger partial charge in [-0.05, 0) is 24.3 Å². The number of methoxy groups -OCH3 is 1. The van der Waals surface area contributed by atoms with Crippen molar-refractivity contribution in [3.05, 3.63) is 63.7 Å². The number of nitrogens with one attached hydrogen (secondary N) is 1. The van der Waals surface area contributed by atoms with Crippen molar-refractivity contribution < 1.29 is 28.8 Å². The maximum atomic E-state index is 13.3. The van der Waals surface area contributed by atoms with Crippen LogP contribution in [0, 0.1) is 10.1 Å².